The molecule has 0 aliphatic carbocycles. The van der Waals surface area contributed by atoms with Crippen LogP contribution >= 0.6 is 0 Å². The molecule has 22 heavy (non-hydrogen) atoms. The molecule has 0 fully saturated rings. The number of esters is 1. The average Bonchev–Trinajstić information content (AvgIpc) is 2.52. The Labute approximate surface area is 132 Å². The summed E-state index contributed by atoms with van der Waals surface area (Å²) in [7, 11) is 0. The number of aliphatic hydroxyl groups excluding tert-OH is 1. The molecule has 1 aromatic carbocycles. The van der Waals surface area contributed by atoms with Gasteiger partial charge in [0.15, 0.2) is 5.75 Å². The van der Waals surface area contributed by atoms with Crippen LogP contribution in [0.5, 0.6) is 5.75 Å². The summed E-state index contributed by atoms with van der Waals surface area (Å²) < 4.78 is 5.32. The fraction of sp³-hybridized carbons (Fsp3) is 0.471. The number of allylic oxidation sites excluding steroid dienone is 1. The highest BCUT2D eigenvalue weighted by Gasteiger charge is 2.17. The first-order chi connectivity index (χ1) is 10.6. The summed E-state index contributed by atoms with van der Waals surface area (Å²) in [6.45, 7) is 6.22. The minimum Gasteiger partial charge on any atom is -0.423 e. The molecule has 122 valence electrons. The molecule has 5 heteroatoms. The quantitative estimate of drug-likeness (QED) is 0.267. The molecule has 0 unspecified atom stereocenters. The number of ether oxygens (including phenoxy) is 1. The molecule has 1 aromatic rings. The summed E-state index contributed by atoms with van der Waals surface area (Å²) in [5, 5.41) is 12.2. The van der Waals surface area contributed by atoms with Gasteiger partial charge < -0.3 is 20.9 Å². The third kappa shape index (κ3) is 5.87. The lowest BCUT2D eigenvalue weighted by Gasteiger charge is -2.15. The van der Waals surface area contributed by atoms with Crippen molar-refractivity contribution < 1.29 is 14.6 Å². The first-order valence-corrected chi connectivity index (χ1v) is 7.68. The summed E-state index contributed by atoms with van der Waals surface area (Å²) in [6.07, 6.45) is 5.81. The van der Waals surface area contributed by atoms with Crippen molar-refractivity contribution in [2.45, 2.75) is 38.6 Å². The van der Waals surface area contributed by atoms with Gasteiger partial charge in [-0.05, 0) is 30.5 Å². The molecule has 1 rings (SSSR count). The number of hydrogen-bond donors (Lipinski definition) is 3. The van der Waals surface area contributed by atoms with Gasteiger partial charge in [-0.2, -0.15) is 0 Å². The molecule has 0 radical (unpaired) electrons. The van der Waals surface area contributed by atoms with Crippen molar-refractivity contribution in [3.05, 3.63) is 36.4 Å². The van der Waals surface area contributed by atoms with Gasteiger partial charge in [-0.15, -0.1) is 6.58 Å². The molecular weight excluding hydrogens is 280 g/mol. The van der Waals surface area contributed by atoms with Crippen molar-refractivity contribution in [2.75, 3.05) is 18.5 Å². The van der Waals surface area contributed by atoms with Crippen molar-refractivity contribution in [2.24, 2.45) is 5.73 Å². The number of nitrogens with two attached hydrogens (primary N) is 1. The van der Waals surface area contributed by atoms with Crippen LogP contribution in [-0.4, -0.2) is 30.3 Å². The predicted molar refractivity (Wildman–Crippen MR) is 89.1 cm³/mol. The minimum atomic E-state index is -1.03. The van der Waals surface area contributed by atoms with Crippen molar-refractivity contribution >= 4 is 11.7 Å². The van der Waals surface area contributed by atoms with E-state index in [1.54, 1.807) is 12.1 Å². The number of rotatable bonds is 10. The van der Waals surface area contributed by atoms with E-state index in [0.29, 0.717) is 12.2 Å². The molecule has 0 aromatic heterocycles. The summed E-state index contributed by atoms with van der Waals surface area (Å²) in [5.74, 6) is -0.209. The molecule has 0 saturated carbocycles. The van der Waals surface area contributed by atoms with Crippen LogP contribution < -0.4 is 15.8 Å². The van der Waals surface area contributed by atoms with Crippen LogP contribution in [0, 0.1) is 0 Å². The van der Waals surface area contributed by atoms with Crippen molar-refractivity contribution in [1.82, 2.24) is 0 Å². The maximum absolute atomic E-state index is 11.8. The van der Waals surface area contributed by atoms with Gasteiger partial charge in [0.2, 0.25) is 0 Å². The molecule has 4 N–H and O–H groups in total. The van der Waals surface area contributed by atoms with Crippen molar-refractivity contribution in [3.8, 4) is 5.75 Å². The summed E-state index contributed by atoms with van der Waals surface area (Å²) in [6, 6.07) is 4.62. The van der Waals surface area contributed by atoms with E-state index in [9.17, 15) is 4.79 Å². The third-order valence-corrected chi connectivity index (χ3v) is 3.23. The molecule has 0 spiro atoms. The van der Waals surface area contributed by atoms with Gasteiger partial charge in [0.25, 0.3) is 0 Å². The lowest BCUT2D eigenvalue weighted by molar-refractivity contribution is -0.136. The fourth-order valence-corrected chi connectivity index (χ4v) is 1.95. The lowest BCUT2D eigenvalue weighted by Crippen LogP contribution is -2.37. The van der Waals surface area contributed by atoms with E-state index in [0.717, 1.165) is 37.1 Å². The Kier molecular flexibility index (Phi) is 8.25. The van der Waals surface area contributed by atoms with Gasteiger partial charge in [-0.3, -0.25) is 0 Å². The Morgan fingerprint density at radius 3 is 2.91 bits per heavy atom. The Hall–Kier alpha value is -1.85. The number of carbonyl (C=O) groups is 1. The highest BCUT2D eigenvalue weighted by molar-refractivity contribution is 5.80. The molecule has 0 saturated heterocycles. The van der Waals surface area contributed by atoms with E-state index < -0.39 is 18.6 Å². The second-order valence-corrected chi connectivity index (χ2v) is 5.17. The fourth-order valence-electron chi connectivity index (χ4n) is 1.95. The zero-order chi connectivity index (χ0) is 16.4. The van der Waals surface area contributed by atoms with E-state index in [-0.39, 0.29) is 0 Å². The Morgan fingerprint density at radius 1 is 1.50 bits per heavy atom. The van der Waals surface area contributed by atoms with Crippen LogP contribution in [0.15, 0.2) is 30.9 Å². The van der Waals surface area contributed by atoms with Gasteiger partial charge in [-0.1, -0.05) is 31.9 Å². The van der Waals surface area contributed by atoms with E-state index in [1.165, 1.54) is 0 Å². The minimum absolute atomic E-state index is 0.435. The molecule has 0 aliphatic rings. The topological polar surface area (TPSA) is 84.6 Å². The van der Waals surface area contributed by atoms with E-state index in [4.69, 9.17) is 15.6 Å². The Bertz CT molecular complexity index is 489. The number of anilines is 1. The van der Waals surface area contributed by atoms with Gasteiger partial charge in [-0.25, -0.2) is 4.79 Å². The smallest absolute Gasteiger partial charge is 0.330 e. The number of carbonyl (C=O) groups excluding carboxylic acids is 1. The maximum Gasteiger partial charge on any atom is 0.330 e. The molecule has 0 amide bonds. The zero-order valence-corrected chi connectivity index (χ0v) is 13.2. The second kappa shape index (κ2) is 9.97. The number of benzene rings is 1. The molecule has 0 heterocycles. The number of hydrogen-bond acceptors (Lipinski definition) is 5. The number of aliphatic hydroxyl groups is 1. The van der Waals surface area contributed by atoms with Gasteiger partial charge in [0.05, 0.1) is 12.3 Å². The van der Waals surface area contributed by atoms with E-state index >= 15 is 0 Å². The molecule has 1 atom stereocenters. The lowest BCUT2D eigenvalue weighted by atomic mass is 10.1. The van der Waals surface area contributed by atoms with Crippen LogP contribution in [0.1, 0.15) is 31.7 Å². The SMILES string of the molecule is C=CCc1ccc(NCCCCC)c(OC(=O)[C@@H](N)CO)c1. The monoisotopic (exact) mass is 306 g/mol. The first-order valence-electron chi connectivity index (χ1n) is 7.68. The van der Waals surface area contributed by atoms with Crippen molar-refractivity contribution in [1.29, 1.82) is 0 Å². The summed E-state index contributed by atoms with van der Waals surface area (Å²) in [5.41, 5.74) is 7.24. The molecule has 5 nitrogen and oxygen atoms in total. The largest absolute Gasteiger partial charge is 0.423 e. The first kappa shape index (κ1) is 18.2. The second-order valence-electron chi connectivity index (χ2n) is 5.17. The van der Waals surface area contributed by atoms with E-state index in [2.05, 4.69) is 18.8 Å². The van der Waals surface area contributed by atoms with Crippen LogP contribution in [0.3, 0.4) is 0 Å². The third-order valence-electron chi connectivity index (χ3n) is 3.23. The number of unbranched alkanes of at least 4 members (excludes halogenated alkanes) is 2. The van der Waals surface area contributed by atoms with E-state index in [1.807, 2.05) is 12.1 Å². The highest BCUT2D eigenvalue weighted by Crippen LogP contribution is 2.27. The zero-order valence-electron chi connectivity index (χ0n) is 13.2. The molecule has 0 bridgehead atoms. The van der Waals surface area contributed by atoms with Gasteiger partial charge >= 0.3 is 5.97 Å². The molecule has 0 aliphatic heterocycles. The van der Waals surface area contributed by atoms with Crippen molar-refractivity contribution in [3.63, 3.8) is 0 Å². The standard InChI is InChI=1S/C17H26N2O3/c1-3-5-6-10-19-15-9-8-13(7-4-2)11-16(15)22-17(21)14(18)12-20/h4,8-9,11,14,19-20H,2-3,5-7,10,12,18H2,1H3/t14-/m0/s1. The Balaban J connectivity index is 2.84. The molecular formula is C17H26N2O3. The maximum atomic E-state index is 11.8. The van der Waals surface area contributed by atoms with Crippen LogP contribution in [0.4, 0.5) is 5.69 Å². The predicted octanol–water partition coefficient (Wildman–Crippen LogP) is 2.24. The number of nitrogens with one attached hydrogen (secondary N) is 1. The van der Waals surface area contributed by atoms with Gasteiger partial charge in [0.1, 0.15) is 6.04 Å². The van der Waals surface area contributed by atoms with Crippen LogP contribution in [-0.2, 0) is 11.2 Å². The van der Waals surface area contributed by atoms with Gasteiger partial charge in [0, 0.05) is 6.54 Å². The van der Waals surface area contributed by atoms with Crippen LogP contribution in [0.25, 0.3) is 0 Å². The normalized spacial score (nSPS) is 11.8. The Morgan fingerprint density at radius 2 is 2.27 bits per heavy atom. The highest BCUT2D eigenvalue weighted by atomic mass is 16.5. The summed E-state index contributed by atoms with van der Waals surface area (Å²) >= 11 is 0. The average molecular weight is 306 g/mol. The summed E-state index contributed by atoms with van der Waals surface area (Å²) in [4.78, 5) is 11.8. The van der Waals surface area contributed by atoms with Crippen LogP contribution in [0.2, 0.25) is 0 Å².